The van der Waals surface area contributed by atoms with E-state index in [1.807, 2.05) is 50.2 Å². The molecule has 0 unspecified atom stereocenters. The second-order valence-corrected chi connectivity index (χ2v) is 8.19. The van der Waals surface area contributed by atoms with Crippen LogP contribution < -0.4 is 14.2 Å². The molecule has 2 aromatic rings. The highest BCUT2D eigenvalue weighted by molar-refractivity contribution is 7.89. The number of nitrogens with one attached hydrogen (secondary N) is 1. The SMILES string of the molecule is COc1ccc(C(C)(C)NS(=O)(=O)CCc2ccccc2)cc1OC. The highest BCUT2D eigenvalue weighted by Crippen LogP contribution is 2.32. The first-order chi connectivity index (χ1) is 11.8. The molecule has 2 aromatic carbocycles. The maximum absolute atomic E-state index is 12.5. The molecule has 0 fully saturated rings. The Balaban J connectivity index is 2.13. The van der Waals surface area contributed by atoms with Crippen LogP contribution >= 0.6 is 0 Å². The molecule has 6 heteroatoms. The van der Waals surface area contributed by atoms with Crippen molar-refractivity contribution in [2.75, 3.05) is 20.0 Å². The summed E-state index contributed by atoms with van der Waals surface area (Å²) >= 11 is 0. The van der Waals surface area contributed by atoms with Gasteiger partial charge in [-0.2, -0.15) is 0 Å². The van der Waals surface area contributed by atoms with Crippen molar-refractivity contribution in [3.8, 4) is 11.5 Å². The highest BCUT2D eigenvalue weighted by Gasteiger charge is 2.27. The predicted octanol–water partition coefficient (Wildman–Crippen LogP) is 3.10. The Bertz CT molecular complexity index is 801. The molecule has 1 N–H and O–H groups in total. The van der Waals surface area contributed by atoms with Crippen LogP contribution in [0.1, 0.15) is 25.0 Å². The predicted molar refractivity (Wildman–Crippen MR) is 99.6 cm³/mol. The molecule has 0 amide bonds. The quantitative estimate of drug-likeness (QED) is 0.783. The van der Waals surface area contributed by atoms with Gasteiger partial charge in [0.25, 0.3) is 0 Å². The molecule has 0 spiro atoms. The van der Waals surface area contributed by atoms with Gasteiger partial charge in [0.1, 0.15) is 0 Å². The molecule has 0 atom stereocenters. The molecular formula is C19H25NO4S. The third kappa shape index (κ3) is 5.21. The first-order valence-corrected chi connectivity index (χ1v) is 9.71. The van der Waals surface area contributed by atoms with Gasteiger partial charge in [0.05, 0.1) is 25.5 Å². The summed E-state index contributed by atoms with van der Waals surface area (Å²) in [5.74, 6) is 1.21. The van der Waals surface area contributed by atoms with Crippen molar-refractivity contribution in [2.45, 2.75) is 25.8 Å². The smallest absolute Gasteiger partial charge is 0.212 e. The second-order valence-electron chi connectivity index (χ2n) is 6.35. The van der Waals surface area contributed by atoms with E-state index in [2.05, 4.69) is 4.72 Å². The van der Waals surface area contributed by atoms with Crippen LogP contribution in [0.2, 0.25) is 0 Å². The number of hydrogen-bond donors (Lipinski definition) is 1. The van der Waals surface area contributed by atoms with Crippen molar-refractivity contribution < 1.29 is 17.9 Å². The Labute approximate surface area is 150 Å². The van der Waals surface area contributed by atoms with Crippen LogP contribution in [-0.2, 0) is 22.0 Å². The molecular weight excluding hydrogens is 338 g/mol. The summed E-state index contributed by atoms with van der Waals surface area (Å²) < 4.78 is 38.3. The van der Waals surface area contributed by atoms with Gasteiger partial charge >= 0.3 is 0 Å². The normalized spacial score (nSPS) is 12.0. The van der Waals surface area contributed by atoms with Crippen molar-refractivity contribution in [3.63, 3.8) is 0 Å². The van der Waals surface area contributed by atoms with Crippen molar-refractivity contribution in [2.24, 2.45) is 0 Å². The Kier molecular flexibility index (Phi) is 6.08. The molecule has 0 aliphatic rings. The van der Waals surface area contributed by atoms with Gasteiger partial charge in [-0.1, -0.05) is 36.4 Å². The third-order valence-corrected chi connectivity index (χ3v) is 5.58. The van der Waals surface area contributed by atoms with Gasteiger partial charge in [-0.3, -0.25) is 0 Å². The Morgan fingerprint density at radius 3 is 2.20 bits per heavy atom. The van der Waals surface area contributed by atoms with Gasteiger partial charge < -0.3 is 9.47 Å². The number of rotatable bonds is 8. The zero-order valence-electron chi connectivity index (χ0n) is 15.1. The molecule has 0 radical (unpaired) electrons. The van der Waals surface area contributed by atoms with Crippen LogP contribution in [0.25, 0.3) is 0 Å². The minimum absolute atomic E-state index is 0.0354. The average Bonchev–Trinajstić information content (AvgIpc) is 2.59. The van der Waals surface area contributed by atoms with E-state index in [0.29, 0.717) is 17.9 Å². The van der Waals surface area contributed by atoms with Crippen LogP contribution in [0, 0.1) is 0 Å². The van der Waals surface area contributed by atoms with Gasteiger partial charge in [0.2, 0.25) is 10.0 Å². The number of sulfonamides is 1. The molecule has 0 saturated carbocycles. The van der Waals surface area contributed by atoms with Crippen molar-refractivity contribution >= 4 is 10.0 Å². The Hall–Kier alpha value is -2.05. The Morgan fingerprint density at radius 2 is 1.60 bits per heavy atom. The van der Waals surface area contributed by atoms with E-state index in [-0.39, 0.29) is 5.75 Å². The van der Waals surface area contributed by atoms with Gasteiger partial charge in [0, 0.05) is 0 Å². The summed E-state index contributed by atoms with van der Waals surface area (Å²) in [4.78, 5) is 0. The molecule has 5 nitrogen and oxygen atoms in total. The fourth-order valence-corrected chi connectivity index (χ4v) is 4.12. The summed E-state index contributed by atoms with van der Waals surface area (Å²) in [6, 6.07) is 15.0. The van der Waals surface area contributed by atoms with Gasteiger partial charge in [-0.15, -0.1) is 0 Å². The maximum atomic E-state index is 12.5. The molecule has 136 valence electrons. The zero-order chi connectivity index (χ0) is 18.5. The fourth-order valence-electron chi connectivity index (χ4n) is 2.62. The molecule has 25 heavy (non-hydrogen) atoms. The second kappa shape index (κ2) is 7.89. The van der Waals surface area contributed by atoms with Gasteiger partial charge in [-0.05, 0) is 43.5 Å². The lowest BCUT2D eigenvalue weighted by molar-refractivity contribution is 0.352. The van der Waals surface area contributed by atoms with Gasteiger partial charge in [0.15, 0.2) is 11.5 Å². The van der Waals surface area contributed by atoms with Crippen LogP contribution in [0.3, 0.4) is 0 Å². The number of aryl methyl sites for hydroxylation is 1. The largest absolute Gasteiger partial charge is 0.493 e. The van der Waals surface area contributed by atoms with Crippen LogP contribution in [-0.4, -0.2) is 28.4 Å². The lowest BCUT2D eigenvalue weighted by Gasteiger charge is -2.27. The fraction of sp³-hybridized carbons (Fsp3) is 0.368. The monoisotopic (exact) mass is 363 g/mol. The molecule has 0 aromatic heterocycles. The minimum atomic E-state index is -3.44. The van der Waals surface area contributed by atoms with E-state index in [1.54, 1.807) is 26.4 Å². The zero-order valence-corrected chi connectivity index (χ0v) is 15.9. The highest BCUT2D eigenvalue weighted by atomic mass is 32.2. The number of methoxy groups -OCH3 is 2. The summed E-state index contributed by atoms with van der Waals surface area (Å²) in [6.45, 7) is 3.66. The van der Waals surface area contributed by atoms with E-state index in [0.717, 1.165) is 11.1 Å². The topological polar surface area (TPSA) is 64.6 Å². The van der Waals surface area contributed by atoms with Crippen molar-refractivity contribution in [1.29, 1.82) is 0 Å². The molecule has 0 aliphatic heterocycles. The minimum Gasteiger partial charge on any atom is -0.493 e. The van der Waals surface area contributed by atoms with E-state index in [1.165, 1.54) is 0 Å². The van der Waals surface area contributed by atoms with E-state index < -0.39 is 15.6 Å². The summed E-state index contributed by atoms with van der Waals surface area (Å²) in [6.07, 6.45) is 0.470. The lowest BCUT2D eigenvalue weighted by atomic mass is 9.95. The first-order valence-electron chi connectivity index (χ1n) is 8.05. The van der Waals surface area contributed by atoms with Crippen LogP contribution in [0.5, 0.6) is 11.5 Å². The lowest BCUT2D eigenvalue weighted by Crippen LogP contribution is -2.42. The number of hydrogen-bond acceptors (Lipinski definition) is 4. The molecule has 0 bridgehead atoms. The third-order valence-electron chi connectivity index (χ3n) is 4.02. The number of benzene rings is 2. The molecule has 2 rings (SSSR count). The summed E-state index contributed by atoms with van der Waals surface area (Å²) in [5, 5.41) is 0. The summed E-state index contributed by atoms with van der Waals surface area (Å²) in [5.41, 5.74) is 1.03. The van der Waals surface area contributed by atoms with Crippen LogP contribution in [0.4, 0.5) is 0 Å². The van der Waals surface area contributed by atoms with Gasteiger partial charge in [-0.25, -0.2) is 13.1 Å². The van der Waals surface area contributed by atoms with E-state index in [9.17, 15) is 8.42 Å². The summed E-state index contributed by atoms with van der Waals surface area (Å²) in [7, 11) is -0.324. The average molecular weight is 363 g/mol. The molecule has 0 saturated heterocycles. The number of ether oxygens (including phenoxy) is 2. The van der Waals surface area contributed by atoms with Crippen molar-refractivity contribution in [3.05, 3.63) is 59.7 Å². The van der Waals surface area contributed by atoms with Crippen LogP contribution in [0.15, 0.2) is 48.5 Å². The standard InChI is InChI=1S/C19H25NO4S/c1-19(2,16-10-11-17(23-3)18(14-16)24-4)20-25(21,22)13-12-15-8-6-5-7-9-15/h5-11,14,20H,12-13H2,1-4H3. The maximum Gasteiger partial charge on any atom is 0.212 e. The first kappa shape index (κ1) is 19.3. The van der Waals surface area contributed by atoms with Crippen molar-refractivity contribution in [1.82, 2.24) is 4.72 Å². The Morgan fingerprint density at radius 1 is 0.960 bits per heavy atom. The molecule has 0 heterocycles. The van der Waals surface area contributed by atoms with E-state index >= 15 is 0 Å². The molecule has 0 aliphatic carbocycles. The van der Waals surface area contributed by atoms with E-state index in [4.69, 9.17) is 9.47 Å².